The van der Waals surface area contributed by atoms with E-state index in [1.807, 2.05) is 0 Å². The van der Waals surface area contributed by atoms with E-state index in [2.05, 4.69) is 10.7 Å². The molecule has 0 aromatic heterocycles. The van der Waals surface area contributed by atoms with Crippen LogP contribution in [0.4, 0.5) is 5.69 Å². The van der Waals surface area contributed by atoms with Crippen LogP contribution in [-0.2, 0) is 0 Å². The third-order valence-corrected chi connectivity index (χ3v) is 1.26. The highest BCUT2D eigenvalue weighted by atomic mass is 16.5. The second-order valence-electron chi connectivity index (χ2n) is 1.93. The van der Waals surface area contributed by atoms with Gasteiger partial charge < -0.3 is 4.74 Å². The van der Waals surface area contributed by atoms with Crippen molar-refractivity contribution in [2.45, 2.75) is 0 Å². The van der Waals surface area contributed by atoms with Crippen molar-refractivity contribution >= 4 is 5.69 Å². The maximum Gasteiger partial charge on any atom is 0.119 e. The van der Waals surface area contributed by atoms with Crippen molar-refractivity contribution < 1.29 is 4.74 Å². The van der Waals surface area contributed by atoms with E-state index < -0.39 is 0 Å². The van der Waals surface area contributed by atoms with Gasteiger partial charge in [0.1, 0.15) is 5.75 Å². The predicted molar refractivity (Wildman–Crippen MR) is 42.4 cm³/mol. The Balaban J connectivity index is 2.74. The fraction of sp³-hybridized carbons (Fsp3) is 0.143. The molecule has 0 amide bonds. The van der Waals surface area contributed by atoms with Gasteiger partial charge in [-0.2, -0.15) is 0 Å². The maximum atomic E-state index is 9.74. The summed E-state index contributed by atoms with van der Waals surface area (Å²) in [5, 5.41) is 2.52. The van der Waals surface area contributed by atoms with Gasteiger partial charge in [-0.05, 0) is 24.3 Å². The molecule has 1 rings (SSSR count). The highest BCUT2D eigenvalue weighted by Gasteiger charge is 1.90. The van der Waals surface area contributed by atoms with Crippen molar-refractivity contribution in [2.75, 3.05) is 12.5 Å². The summed E-state index contributed by atoms with van der Waals surface area (Å²) in [4.78, 5) is 9.74. The van der Waals surface area contributed by atoms with Gasteiger partial charge >= 0.3 is 0 Å². The fourth-order valence-corrected chi connectivity index (χ4v) is 0.718. The first-order valence-electron chi connectivity index (χ1n) is 3.09. The summed E-state index contributed by atoms with van der Waals surface area (Å²) in [6, 6.07) is 6.90. The summed E-state index contributed by atoms with van der Waals surface area (Å²) in [7, 11) is 1.58. The Labute approximate surface area is 64.1 Å². The molecule has 58 valence electrons. The summed E-state index contributed by atoms with van der Waals surface area (Å²) < 4.78 is 4.91. The van der Waals surface area contributed by atoms with E-state index in [1.54, 1.807) is 31.4 Å². The number of methoxy groups -OCH3 is 1. The zero-order chi connectivity index (χ0) is 8.10. The molecule has 1 aromatic carbocycles. The first kappa shape index (κ1) is 7.53. The largest absolute Gasteiger partial charge is 0.497 e. The maximum absolute atomic E-state index is 9.74. The monoisotopic (exact) mass is 152 g/mol. The van der Waals surface area contributed by atoms with Gasteiger partial charge in [0.15, 0.2) is 0 Å². The molecule has 4 heteroatoms. The first-order chi connectivity index (χ1) is 5.36. The molecular formula is C7H8N2O2. The molecule has 0 aliphatic carbocycles. The van der Waals surface area contributed by atoms with Gasteiger partial charge in [-0.25, -0.2) is 5.43 Å². The van der Waals surface area contributed by atoms with E-state index in [4.69, 9.17) is 4.74 Å². The number of hydrogen-bond donors (Lipinski definition) is 1. The van der Waals surface area contributed by atoms with Crippen molar-refractivity contribution in [3.05, 3.63) is 29.2 Å². The van der Waals surface area contributed by atoms with E-state index in [0.717, 1.165) is 5.75 Å². The normalized spacial score (nSPS) is 8.82. The summed E-state index contributed by atoms with van der Waals surface area (Å²) in [5.41, 5.74) is 2.93. The first-order valence-corrected chi connectivity index (χ1v) is 3.09. The molecule has 0 unspecified atom stereocenters. The molecular weight excluding hydrogens is 144 g/mol. The smallest absolute Gasteiger partial charge is 0.119 e. The topological polar surface area (TPSA) is 50.7 Å². The Bertz CT molecular complexity index is 233. The van der Waals surface area contributed by atoms with Crippen molar-refractivity contribution in [1.82, 2.24) is 0 Å². The lowest BCUT2D eigenvalue weighted by atomic mass is 10.3. The van der Waals surface area contributed by atoms with Crippen LogP contribution >= 0.6 is 0 Å². The average Bonchev–Trinajstić information content (AvgIpc) is 2.07. The molecule has 4 nitrogen and oxygen atoms in total. The molecule has 0 bridgehead atoms. The third-order valence-electron chi connectivity index (χ3n) is 1.26. The van der Waals surface area contributed by atoms with Gasteiger partial charge in [0.25, 0.3) is 0 Å². The molecule has 0 spiro atoms. The van der Waals surface area contributed by atoms with Crippen LogP contribution in [-0.4, -0.2) is 7.11 Å². The van der Waals surface area contributed by atoms with E-state index in [1.165, 1.54) is 0 Å². The van der Waals surface area contributed by atoms with Crippen LogP contribution in [0.5, 0.6) is 5.75 Å². The quantitative estimate of drug-likeness (QED) is 0.530. The molecule has 0 aliphatic heterocycles. The van der Waals surface area contributed by atoms with Crippen LogP contribution in [0, 0.1) is 4.91 Å². The number of ether oxygens (including phenoxy) is 1. The Morgan fingerprint density at radius 3 is 2.45 bits per heavy atom. The number of rotatable bonds is 3. The Hall–Kier alpha value is -1.58. The minimum atomic E-state index is 0.654. The van der Waals surface area contributed by atoms with Gasteiger partial charge in [0, 0.05) is 0 Å². The van der Waals surface area contributed by atoms with Gasteiger partial charge in [0.05, 0.1) is 18.1 Å². The summed E-state index contributed by atoms with van der Waals surface area (Å²) in [6.07, 6.45) is 0. The lowest BCUT2D eigenvalue weighted by molar-refractivity contribution is 0.415. The minimum absolute atomic E-state index is 0.654. The number of nitroso groups, excluding NO2 is 1. The van der Waals surface area contributed by atoms with Crippen LogP contribution in [0.25, 0.3) is 0 Å². The molecule has 0 atom stereocenters. The standard InChI is InChI=1S/C7H8N2O2/c1-11-7-4-2-6(3-5-7)8-9-10/h2-5H,1H3,(H,8,10). The van der Waals surface area contributed by atoms with Crippen LogP contribution in [0.15, 0.2) is 29.6 Å². The zero-order valence-electron chi connectivity index (χ0n) is 6.07. The number of nitrogens with one attached hydrogen (secondary N) is 1. The molecule has 1 N–H and O–H groups in total. The van der Waals surface area contributed by atoms with Crippen LogP contribution in [0.1, 0.15) is 0 Å². The van der Waals surface area contributed by atoms with Crippen LogP contribution in [0.2, 0.25) is 0 Å². The summed E-state index contributed by atoms with van der Waals surface area (Å²) >= 11 is 0. The number of anilines is 1. The Morgan fingerprint density at radius 1 is 1.36 bits per heavy atom. The molecule has 0 aliphatic rings. The third kappa shape index (κ3) is 1.93. The number of benzene rings is 1. The van der Waals surface area contributed by atoms with Gasteiger partial charge in [-0.3, -0.25) is 0 Å². The zero-order valence-corrected chi connectivity index (χ0v) is 6.07. The molecule has 11 heavy (non-hydrogen) atoms. The second-order valence-corrected chi connectivity index (χ2v) is 1.93. The fourth-order valence-electron chi connectivity index (χ4n) is 0.718. The predicted octanol–water partition coefficient (Wildman–Crippen LogP) is 1.79. The second kappa shape index (κ2) is 3.55. The van der Waals surface area contributed by atoms with E-state index >= 15 is 0 Å². The highest BCUT2D eigenvalue weighted by molar-refractivity contribution is 5.45. The lowest BCUT2D eigenvalue weighted by Crippen LogP contribution is -1.86. The van der Waals surface area contributed by atoms with Gasteiger partial charge in [0.2, 0.25) is 0 Å². The molecule has 0 heterocycles. The van der Waals surface area contributed by atoms with Crippen molar-refractivity contribution in [3.63, 3.8) is 0 Å². The SMILES string of the molecule is COc1ccc(NN=O)cc1. The van der Waals surface area contributed by atoms with Crippen molar-refractivity contribution in [1.29, 1.82) is 0 Å². The lowest BCUT2D eigenvalue weighted by Gasteiger charge is -1.99. The van der Waals surface area contributed by atoms with E-state index in [9.17, 15) is 4.91 Å². The molecule has 0 saturated carbocycles. The van der Waals surface area contributed by atoms with Gasteiger partial charge in [-0.1, -0.05) is 0 Å². The van der Waals surface area contributed by atoms with Crippen molar-refractivity contribution in [2.24, 2.45) is 5.29 Å². The Morgan fingerprint density at radius 2 is 2.00 bits per heavy atom. The van der Waals surface area contributed by atoms with Crippen molar-refractivity contribution in [3.8, 4) is 5.75 Å². The van der Waals surface area contributed by atoms with Crippen LogP contribution < -0.4 is 10.2 Å². The molecule has 0 radical (unpaired) electrons. The molecule has 1 aromatic rings. The Kier molecular flexibility index (Phi) is 2.43. The average molecular weight is 152 g/mol. The minimum Gasteiger partial charge on any atom is -0.497 e. The number of nitrogens with zero attached hydrogens (tertiary/aromatic N) is 1. The van der Waals surface area contributed by atoms with Gasteiger partial charge in [-0.15, -0.1) is 4.91 Å². The van der Waals surface area contributed by atoms with E-state index in [0.29, 0.717) is 5.69 Å². The molecule has 0 fully saturated rings. The summed E-state index contributed by atoms with van der Waals surface area (Å²) in [6.45, 7) is 0. The number of hydrogen-bond acceptors (Lipinski definition) is 3. The summed E-state index contributed by atoms with van der Waals surface area (Å²) in [5.74, 6) is 0.751. The highest BCUT2D eigenvalue weighted by Crippen LogP contribution is 2.14. The molecule has 0 saturated heterocycles. The van der Waals surface area contributed by atoms with Crippen LogP contribution in [0.3, 0.4) is 0 Å². The van der Waals surface area contributed by atoms with E-state index in [-0.39, 0.29) is 0 Å².